The van der Waals surface area contributed by atoms with Crippen LogP contribution in [0.15, 0.2) is 24.3 Å². The topological polar surface area (TPSA) is 191 Å². The highest BCUT2D eigenvalue weighted by Gasteiger charge is 2.51. The van der Waals surface area contributed by atoms with Crippen LogP contribution in [0.25, 0.3) is 0 Å². The summed E-state index contributed by atoms with van der Waals surface area (Å²) >= 11 is 1.81. The van der Waals surface area contributed by atoms with Crippen LogP contribution in [-0.2, 0) is 20.7 Å². The number of benzene rings is 2. The number of alkyl halides is 1. The van der Waals surface area contributed by atoms with Gasteiger partial charge in [0.15, 0.2) is 23.6 Å². The number of phenols is 2. The number of carbonyl (C=O) groups excluding carboxylic acids is 3. The molecule has 0 radical (unpaired) electrons. The minimum atomic E-state index is -2.26. The van der Waals surface area contributed by atoms with Crippen molar-refractivity contribution in [2.75, 3.05) is 6.61 Å². The molecule has 1 saturated heterocycles. The van der Waals surface area contributed by atoms with Gasteiger partial charge in [0, 0.05) is 35.1 Å². The van der Waals surface area contributed by atoms with E-state index in [9.17, 15) is 45.0 Å². The largest absolute Gasteiger partial charge is 0.507 e. The number of rotatable bonds is 4. The fourth-order valence-corrected chi connectivity index (χ4v) is 6.19. The number of aromatic hydroxyl groups is 2. The summed E-state index contributed by atoms with van der Waals surface area (Å²) in [4.78, 5) is 39.3. The number of aliphatic hydroxyl groups is 4. The molecule has 1 heterocycles. The van der Waals surface area contributed by atoms with Gasteiger partial charge in [0.1, 0.15) is 29.8 Å². The zero-order valence-electron chi connectivity index (χ0n) is 20.0. The highest BCUT2D eigenvalue weighted by molar-refractivity contribution is 14.1. The number of phenolic OH excluding ortho intramolecular Hbond substituents is 2. The maximum absolute atomic E-state index is 13.4. The highest BCUT2D eigenvalue weighted by atomic mass is 127. The summed E-state index contributed by atoms with van der Waals surface area (Å²) < 4.78 is 10.9. The molecule has 5 rings (SSSR count). The summed E-state index contributed by atoms with van der Waals surface area (Å²) in [6.07, 6.45) is -6.99. The maximum Gasteiger partial charge on any atom is 0.198 e. The number of aliphatic hydroxyl groups excluding tert-OH is 3. The molecule has 2 aromatic carbocycles. The average molecular weight is 640 g/mol. The molecule has 1 aliphatic heterocycles. The van der Waals surface area contributed by atoms with E-state index in [-0.39, 0.29) is 22.3 Å². The molecule has 0 unspecified atom stereocenters. The van der Waals surface area contributed by atoms with E-state index in [2.05, 4.69) is 0 Å². The number of halogens is 1. The van der Waals surface area contributed by atoms with Gasteiger partial charge in [0.25, 0.3) is 0 Å². The van der Waals surface area contributed by atoms with E-state index < -0.39 is 99.7 Å². The Bertz CT molecular complexity index is 1360. The standard InChI is InChI=1S/C26H25IO11/c1-9-19(30)24(35)18(27)25(37-9)38-13-7-26(36,14(29)8-28)6-12-15(13)23(34)17-16(22(12)33)20(31)10-4-2-3-5-11(10)21(17)32/h2-5,9,13,18-19,24-25,28,30,33-36H,6-8H2,1H3/t9-,13+,18-,19-,24+,25+,26+/m1/s1. The highest BCUT2D eigenvalue weighted by Crippen LogP contribution is 2.52. The van der Waals surface area contributed by atoms with E-state index in [0.717, 1.165) is 0 Å². The van der Waals surface area contributed by atoms with Crippen LogP contribution in [0, 0.1) is 0 Å². The van der Waals surface area contributed by atoms with Crippen molar-refractivity contribution >= 4 is 39.9 Å². The fraction of sp³-hybridized carbons (Fsp3) is 0.423. The third-order valence-corrected chi connectivity index (χ3v) is 8.83. The predicted molar refractivity (Wildman–Crippen MR) is 136 cm³/mol. The van der Waals surface area contributed by atoms with Crippen molar-refractivity contribution in [3.05, 3.63) is 57.6 Å². The molecular formula is C26H25IO11. The fourth-order valence-electron chi connectivity index (χ4n) is 5.42. The first kappa shape index (κ1) is 27.1. The molecule has 38 heavy (non-hydrogen) atoms. The second kappa shape index (κ2) is 9.62. The molecule has 6 N–H and O–H groups in total. The molecule has 0 saturated carbocycles. The van der Waals surface area contributed by atoms with Gasteiger partial charge in [-0.3, -0.25) is 14.4 Å². The monoisotopic (exact) mass is 640 g/mol. The van der Waals surface area contributed by atoms with Crippen LogP contribution >= 0.6 is 22.6 Å². The lowest BCUT2D eigenvalue weighted by atomic mass is 9.72. The van der Waals surface area contributed by atoms with E-state index in [0.29, 0.717) is 0 Å². The zero-order valence-corrected chi connectivity index (χ0v) is 22.2. The number of Topliss-reactive ketones (excluding diaryl/α,β-unsaturated/α-hetero) is 1. The lowest BCUT2D eigenvalue weighted by molar-refractivity contribution is -0.259. The van der Waals surface area contributed by atoms with E-state index in [1.54, 1.807) is 12.1 Å². The predicted octanol–water partition coefficient (Wildman–Crippen LogP) is 0.440. The van der Waals surface area contributed by atoms with Crippen molar-refractivity contribution in [2.24, 2.45) is 0 Å². The summed E-state index contributed by atoms with van der Waals surface area (Å²) in [6, 6.07) is 5.93. The van der Waals surface area contributed by atoms with Crippen LogP contribution in [-0.4, -0.2) is 88.7 Å². The Balaban J connectivity index is 1.68. The van der Waals surface area contributed by atoms with Gasteiger partial charge in [-0.2, -0.15) is 0 Å². The maximum atomic E-state index is 13.4. The second-order valence-corrected chi connectivity index (χ2v) is 11.2. The SMILES string of the molecule is C[C@H]1O[C@@H](O[C@H]2C[C@](O)(C(=O)CO)Cc3c(O)c4c(c(O)c32)C(=O)c2ccccc2C4=O)[C@H](I)[C@H](O)[C@@H]1O. The molecule has 0 aromatic heterocycles. The summed E-state index contributed by atoms with van der Waals surface area (Å²) in [5.41, 5.74) is -3.42. The smallest absolute Gasteiger partial charge is 0.198 e. The van der Waals surface area contributed by atoms with Crippen LogP contribution in [0.1, 0.15) is 62.4 Å². The van der Waals surface area contributed by atoms with Crippen molar-refractivity contribution in [1.82, 2.24) is 0 Å². The van der Waals surface area contributed by atoms with Gasteiger partial charge in [-0.25, -0.2) is 0 Å². The number of ketones is 3. The summed E-state index contributed by atoms with van der Waals surface area (Å²) in [7, 11) is 0. The van der Waals surface area contributed by atoms with Crippen molar-refractivity contribution in [2.45, 2.75) is 60.0 Å². The first-order chi connectivity index (χ1) is 17.9. The molecule has 11 nitrogen and oxygen atoms in total. The molecule has 202 valence electrons. The number of fused-ring (bicyclic) bond motifs is 3. The quantitative estimate of drug-likeness (QED) is 0.132. The van der Waals surface area contributed by atoms with E-state index in [4.69, 9.17) is 9.47 Å². The Labute approximate surface area is 229 Å². The second-order valence-electron chi connectivity index (χ2n) is 9.80. The van der Waals surface area contributed by atoms with Crippen molar-refractivity contribution in [1.29, 1.82) is 0 Å². The molecule has 3 aliphatic rings. The number of carbonyl (C=O) groups is 3. The van der Waals surface area contributed by atoms with Crippen LogP contribution in [0.3, 0.4) is 0 Å². The first-order valence-electron chi connectivity index (χ1n) is 11.9. The summed E-state index contributed by atoms with van der Waals surface area (Å²) in [5.74, 6) is -3.76. The van der Waals surface area contributed by atoms with Gasteiger partial charge in [0.2, 0.25) is 0 Å². The molecule has 2 aromatic rings. The lowest BCUT2D eigenvalue weighted by Gasteiger charge is -2.43. The molecule has 0 spiro atoms. The average Bonchev–Trinajstić information content (AvgIpc) is 2.90. The number of ether oxygens (including phenoxy) is 2. The van der Waals surface area contributed by atoms with E-state index in [1.165, 1.54) is 19.1 Å². The third kappa shape index (κ3) is 3.97. The van der Waals surface area contributed by atoms with E-state index in [1.807, 2.05) is 22.6 Å². The Morgan fingerprint density at radius 2 is 1.66 bits per heavy atom. The molecule has 12 heteroatoms. The molecular weight excluding hydrogens is 615 g/mol. The van der Waals surface area contributed by atoms with Gasteiger partial charge in [-0.1, -0.05) is 46.9 Å². The Morgan fingerprint density at radius 3 is 2.24 bits per heavy atom. The Kier molecular flexibility index (Phi) is 6.87. The molecule has 7 atom stereocenters. The first-order valence-corrected chi connectivity index (χ1v) is 13.1. The van der Waals surface area contributed by atoms with Gasteiger partial charge < -0.3 is 40.1 Å². The third-order valence-electron chi connectivity index (χ3n) is 7.50. The van der Waals surface area contributed by atoms with Crippen molar-refractivity contribution in [3.63, 3.8) is 0 Å². The van der Waals surface area contributed by atoms with Crippen molar-refractivity contribution < 1.29 is 54.5 Å². The minimum absolute atomic E-state index is 0.0230. The van der Waals surface area contributed by atoms with E-state index >= 15 is 0 Å². The lowest BCUT2D eigenvalue weighted by Crippen LogP contribution is -2.55. The summed E-state index contributed by atoms with van der Waals surface area (Å²) in [5, 5.41) is 64.0. The number of hydrogen-bond acceptors (Lipinski definition) is 11. The van der Waals surface area contributed by atoms with Crippen molar-refractivity contribution in [3.8, 4) is 11.5 Å². The van der Waals surface area contributed by atoms with Gasteiger partial charge in [0.05, 0.1) is 33.4 Å². The van der Waals surface area contributed by atoms with Gasteiger partial charge in [-0.05, 0) is 6.92 Å². The Hall–Kier alpha value is -2.46. The zero-order chi connectivity index (χ0) is 27.7. The number of hydrogen-bond donors (Lipinski definition) is 6. The molecule has 0 amide bonds. The van der Waals surface area contributed by atoms with Gasteiger partial charge in [-0.15, -0.1) is 0 Å². The van der Waals surface area contributed by atoms with Gasteiger partial charge >= 0.3 is 0 Å². The van der Waals surface area contributed by atoms with Crippen LogP contribution < -0.4 is 0 Å². The van der Waals surface area contributed by atoms with Crippen LogP contribution in [0.5, 0.6) is 11.5 Å². The van der Waals surface area contributed by atoms with Crippen LogP contribution in [0.2, 0.25) is 0 Å². The summed E-state index contributed by atoms with van der Waals surface area (Å²) in [6.45, 7) is 0.479. The normalized spacial score (nSPS) is 32.4. The Morgan fingerprint density at radius 1 is 1.08 bits per heavy atom. The minimum Gasteiger partial charge on any atom is -0.507 e. The molecule has 2 aliphatic carbocycles. The van der Waals surface area contributed by atoms with Crippen LogP contribution in [0.4, 0.5) is 0 Å². The molecule has 1 fully saturated rings. The molecule has 0 bridgehead atoms.